The third kappa shape index (κ3) is 5.79. The van der Waals surface area contributed by atoms with Gasteiger partial charge in [-0.25, -0.2) is 4.79 Å². The van der Waals surface area contributed by atoms with Gasteiger partial charge >= 0.3 is 5.97 Å². The van der Waals surface area contributed by atoms with Crippen LogP contribution in [-0.4, -0.2) is 24.8 Å². The van der Waals surface area contributed by atoms with Crippen molar-refractivity contribution >= 4 is 34.9 Å². The van der Waals surface area contributed by atoms with Gasteiger partial charge in [-0.3, -0.25) is 9.59 Å². The summed E-state index contributed by atoms with van der Waals surface area (Å²) in [6, 6.07) is 28.1. The predicted octanol–water partition coefficient (Wildman–Crippen LogP) is 6.38. The highest BCUT2D eigenvalue weighted by atomic mass is 35.5. The predicted molar refractivity (Wildman–Crippen MR) is 138 cm³/mol. The molecule has 4 aromatic rings. The molecule has 36 heavy (non-hydrogen) atoms. The summed E-state index contributed by atoms with van der Waals surface area (Å²) in [4.78, 5) is 39.4. The van der Waals surface area contributed by atoms with Crippen LogP contribution in [0.15, 0.2) is 103 Å². The topological polar surface area (TPSA) is 81.7 Å². The monoisotopic (exact) mass is 499 g/mol. The molecule has 0 saturated heterocycles. The lowest BCUT2D eigenvalue weighted by atomic mass is 9.99. The zero-order valence-electron chi connectivity index (χ0n) is 19.3. The highest BCUT2D eigenvalue weighted by molar-refractivity contribution is 6.30. The van der Waals surface area contributed by atoms with Gasteiger partial charge in [0.15, 0.2) is 6.10 Å². The number of benzene rings is 4. The van der Waals surface area contributed by atoms with Gasteiger partial charge in [-0.05, 0) is 48.5 Å². The van der Waals surface area contributed by atoms with E-state index in [9.17, 15) is 14.4 Å². The van der Waals surface area contributed by atoms with Crippen molar-refractivity contribution in [2.45, 2.75) is 6.10 Å². The number of hydrogen-bond acceptors (Lipinski definition) is 5. The molecule has 0 radical (unpaired) electrons. The van der Waals surface area contributed by atoms with E-state index in [-0.39, 0.29) is 17.0 Å². The first-order chi connectivity index (χ1) is 17.5. The SMILES string of the molecule is COc1ccc(C(=O)Nc2ccccc2C(=O)OC(C(=O)c2ccccc2)c2ccc(Cl)cc2)cc1. The Morgan fingerprint density at radius 2 is 1.39 bits per heavy atom. The third-order valence-electron chi connectivity index (χ3n) is 5.44. The quantitative estimate of drug-likeness (QED) is 0.224. The second kappa shape index (κ2) is 11.3. The van der Waals surface area contributed by atoms with E-state index in [1.807, 2.05) is 0 Å². The number of ketones is 1. The Labute approximate surface area is 213 Å². The number of methoxy groups -OCH3 is 1. The standard InChI is InChI=1S/C29H22ClNO5/c1-35-23-17-13-21(14-18-23)28(33)31-25-10-6-5-9-24(25)29(34)36-27(20-11-15-22(30)16-12-20)26(32)19-7-3-2-4-8-19/h2-18,27H,1H3,(H,31,33). The second-order valence-electron chi connectivity index (χ2n) is 7.80. The van der Waals surface area contributed by atoms with E-state index in [4.69, 9.17) is 21.1 Å². The molecule has 0 saturated carbocycles. The van der Waals surface area contributed by atoms with Crippen LogP contribution < -0.4 is 10.1 Å². The van der Waals surface area contributed by atoms with E-state index in [0.717, 1.165) is 0 Å². The average molecular weight is 500 g/mol. The minimum atomic E-state index is -1.21. The summed E-state index contributed by atoms with van der Waals surface area (Å²) >= 11 is 6.01. The number of para-hydroxylation sites is 1. The van der Waals surface area contributed by atoms with Crippen LogP contribution >= 0.6 is 11.6 Å². The molecule has 0 heterocycles. The molecule has 0 fully saturated rings. The molecule has 4 rings (SSSR count). The summed E-state index contributed by atoms with van der Waals surface area (Å²) in [5.74, 6) is -0.935. The lowest BCUT2D eigenvalue weighted by molar-refractivity contribution is 0.0281. The first-order valence-corrected chi connectivity index (χ1v) is 11.4. The van der Waals surface area contributed by atoms with Crippen molar-refractivity contribution in [2.24, 2.45) is 0 Å². The van der Waals surface area contributed by atoms with Gasteiger partial charge in [0.1, 0.15) is 5.75 Å². The molecule has 1 unspecified atom stereocenters. The smallest absolute Gasteiger partial charge is 0.341 e. The Balaban J connectivity index is 1.60. The zero-order chi connectivity index (χ0) is 25.5. The van der Waals surface area contributed by atoms with E-state index in [1.165, 1.54) is 13.2 Å². The lowest BCUT2D eigenvalue weighted by Crippen LogP contribution is -2.22. The molecule has 4 aromatic carbocycles. The molecule has 0 aliphatic heterocycles. The Morgan fingerprint density at radius 1 is 0.750 bits per heavy atom. The summed E-state index contributed by atoms with van der Waals surface area (Å²) in [6.45, 7) is 0. The number of ether oxygens (including phenoxy) is 2. The van der Waals surface area contributed by atoms with Crippen molar-refractivity contribution in [3.05, 3.63) is 130 Å². The van der Waals surface area contributed by atoms with Crippen molar-refractivity contribution in [2.75, 3.05) is 12.4 Å². The number of hydrogen-bond donors (Lipinski definition) is 1. The van der Waals surface area contributed by atoms with Crippen LogP contribution in [0, 0.1) is 0 Å². The maximum absolute atomic E-state index is 13.3. The first-order valence-electron chi connectivity index (χ1n) is 11.1. The molecular formula is C29H22ClNO5. The lowest BCUT2D eigenvalue weighted by Gasteiger charge is -2.19. The van der Waals surface area contributed by atoms with E-state index in [2.05, 4.69) is 5.32 Å². The normalized spacial score (nSPS) is 11.3. The number of Topliss-reactive ketones (excluding diaryl/α,β-unsaturated/α-hetero) is 1. The van der Waals surface area contributed by atoms with Crippen molar-refractivity contribution in [1.29, 1.82) is 0 Å². The molecule has 1 atom stereocenters. The number of esters is 1. The molecule has 0 bridgehead atoms. The maximum Gasteiger partial charge on any atom is 0.341 e. The van der Waals surface area contributed by atoms with Gasteiger partial charge in [0.05, 0.1) is 18.4 Å². The Hall–Kier alpha value is -4.42. The fraction of sp³-hybridized carbons (Fsp3) is 0.0690. The van der Waals surface area contributed by atoms with E-state index < -0.39 is 18.0 Å². The highest BCUT2D eigenvalue weighted by Gasteiger charge is 2.28. The summed E-state index contributed by atoms with van der Waals surface area (Å²) in [5, 5.41) is 3.23. The van der Waals surface area contributed by atoms with E-state index >= 15 is 0 Å². The molecular weight excluding hydrogens is 478 g/mol. The molecule has 180 valence electrons. The molecule has 0 spiro atoms. The number of carbonyl (C=O) groups excluding carboxylic acids is 3. The van der Waals surface area contributed by atoms with E-state index in [0.29, 0.717) is 27.5 Å². The van der Waals surface area contributed by atoms with Crippen LogP contribution in [0.4, 0.5) is 5.69 Å². The second-order valence-corrected chi connectivity index (χ2v) is 8.23. The zero-order valence-corrected chi connectivity index (χ0v) is 20.1. The van der Waals surface area contributed by atoms with Gasteiger partial charge in [-0.15, -0.1) is 0 Å². The molecule has 6 nitrogen and oxygen atoms in total. The van der Waals surface area contributed by atoms with Crippen LogP contribution in [-0.2, 0) is 4.74 Å². The van der Waals surface area contributed by atoms with Gasteiger partial charge in [-0.2, -0.15) is 0 Å². The van der Waals surface area contributed by atoms with Crippen molar-refractivity contribution in [3.8, 4) is 5.75 Å². The van der Waals surface area contributed by atoms with Crippen LogP contribution in [0.25, 0.3) is 0 Å². The molecule has 0 aliphatic rings. The third-order valence-corrected chi connectivity index (χ3v) is 5.69. The van der Waals surface area contributed by atoms with Gasteiger partial charge < -0.3 is 14.8 Å². The number of carbonyl (C=O) groups is 3. The molecule has 0 aliphatic carbocycles. The van der Waals surface area contributed by atoms with Gasteiger partial charge in [0, 0.05) is 21.7 Å². The van der Waals surface area contributed by atoms with Crippen LogP contribution in [0.5, 0.6) is 5.75 Å². The van der Waals surface area contributed by atoms with Crippen molar-refractivity contribution in [1.82, 2.24) is 0 Å². The first kappa shape index (κ1) is 24.7. The summed E-state index contributed by atoms with van der Waals surface area (Å²) in [7, 11) is 1.54. The molecule has 0 aromatic heterocycles. The van der Waals surface area contributed by atoms with Crippen molar-refractivity contribution < 1.29 is 23.9 Å². The number of rotatable bonds is 8. The average Bonchev–Trinajstić information content (AvgIpc) is 2.92. The highest BCUT2D eigenvalue weighted by Crippen LogP contribution is 2.27. The van der Waals surface area contributed by atoms with E-state index in [1.54, 1.807) is 97.1 Å². The van der Waals surface area contributed by atoms with Crippen LogP contribution in [0.1, 0.15) is 42.7 Å². The summed E-state index contributed by atoms with van der Waals surface area (Å²) < 4.78 is 10.9. The molecule has 7 heteroatoms. The Bertz CT molecular complexity index is 1370. The molecule has 1 N–H and O–H groups in total. The Kier molecular flexibility index (Phi) is 7.78. The van der Waals surface area contributed by atoms with Crippen LogP contribution in [0.3, 0.4) is 0 Å². The summed E-state index contributed by atoms with van der Waals surface area (Å²) in [5.41, 5.74) is 1.62. The largest absolute Gasteiger partial charge is 0.497 e. The van der Waals surface area contributed by atoms with Gasteiger partial charge in [-0.1, -0.05) is 66.2 Å². The fourth-order valence-electron chi connectivity index (χ4n) is 3.54. The maximum atomic E-state index is 13.3. The van der Waals surface area contributed by atoms with Crippen LogP contribution in [0.2, 0.25) is 5.02 Å². The fourth-order valence-corrected chi connectivity index (χ4v) is 3.67. The van der Waals surface area contributed by atoms with Gasteiger partial charge in [0.25, 0.3) is 5.91 Å². The number of halogens is 1. The minimum Gasteiger partial charge on any atom is -0.497 e. The minimum absolute atomic E-state index is 0.110. The van der Waals surface area contributed by atoms with Gasteiger partial charge in [0.2, 0.25) is 5.78 Å². The van der Waals surface area contributed by atoms with Crippen molar-refractivity contribution in [3.63, 3.8) is 0 Å². The number of anilines is 1. The summed E-state index contributed by atoms with van der Waals surface area (Å²) in [6.07, 6.45) is -1.21. The molecule has 1 amide bonds. The number of nitrogens with one attached hydrogen (secondary N) is 1. The number of amides is 1. The Morgan fingerprint density at radius 3 is 2.06 bits per heavy atom.